The minimum atomic E-state index is -0.279. The van der Waals surface area contributed by atoms with Crippen molar-refractivity contribution in [1.82, 2.24) is 0 Å². The van der Waals surface area contributed by atoms with Crippen molar-refractivity contribution in [2.75, 3.05) is 0 Å². The monoisotopic (exact) mass is 269 g/mol. The fourth-order valence-electron chi connectivity index (χ4n) is 1.75. The number of hydrogen-bond donors (Lipinski definition) is 1. The molecule has 1 aromatic carbocycles. The van der Waals surface area contributed by atoms with Gasteiger partial charge in [-0.2, -0.15) is 0 Å². The molecule has 17 heavy (non-hydrogen) atoms. The molecule has 1 aromatic heterocycles. The van der Waals surface area contributed by atoms with E-state index in [0.717, 1.165) is 6.42 Å². The number of rotatable bonds is 4. The summed E-state index contributed by atoms with van der Waals surface area (Å²) in [4.78, 5) is 1.21. The first kappa shape index (κ1) is 12.6. The quantitative estimate of drug-likeness (QED) is 0.901. The van der Waals surface area contributed by atoms with Crippen LogP contribution in [0.4, 0.5) is 4.39 Å². The van der Waals surface area contributed by atoms with Crippen molar-refractivity contribution in [3.8, 4) is 0 Å². The second kappa shape index (κ2) is 5.63. The normalized spacial score (nSPS) is 12.6. The summed E-state index contributed by atoms with van der Waals surface area (Å²) in [6.45, 7) is 0. The molecule has 0 bridgehead atoms. The minimum Gasteiger partial charge on any atom is -0.327 e. The van der Waals surface area contributed by atoms with Crippen molar-refractivity contribution >= 4 is 22.9 Å². The van der Waals surface area contributed by atoms with Crippen molar-refractivity contribution in [2.45, 2.75) is 18.9 Å². The average Bonchev–Trinajstić information content (AvgIpc) is 2.76. The van der Waals surface area contributed by atoms with Crippen LogP contribution in [-0.2, 0) is 12.8 Å². The first-order valence-corrected chi connectivity index (χ1v) is 6.63. The van der Waals surface area contributed by atoms with Crippen LogP contribution in [0.1, 0.15) is 10.4 Å². The van der Waals surface area contributed by atoms with Crippen molar-refractivity contribution < 1.29 is 4.39 Å². The number of thiophene rings is 1. The molecular weight excluding hydrogens is 257 g/mol. The maximum Gasteiger partial charge on any atom is 0.127 e. The van der Waals surface area contributed by atoms with Gasteiger partial charge >= 0.3 is 0 Å². The molecular formula is C13H13ClFNS. The van der Waals surface area contributed by atoms with E-state index in [4.69, 9.17) is 17.3 Å². The summed E-state index contributed by atoms with van der Waals surface area (Å²) < 4.78 is 13.6. The van der Waals surface area contributed by atoms with Crippen LogP contribution in [0.25, 0.3) is 0 Å². The second-order valence-corrected chi connectivity index (χ2v) is 5.39. The lowest BCUT2D eigenvalue weighted by molar-refractivity contribution is 0.585. The molecule has 1 unspecified atom stereocenters. The van der Waals surface area contributed by atoms with Gasteiger partial charge < -0.3 is 5.73 Å². The smallest absolute Gasteiger partial charge is 0.127 e. The molecule has 0 saturated carbocycles. The summed E-state index contributed by atoms with van der Waals surface area (Å²) in [7, 11) is 0. The Hall–Kier alpha value is -0.900. The Morgan fingerprint density at radius 1 is 1.24 bits per heavy atom. The standard InChI is InChI=1S/C13H13ClFNS/c14-12-4-1-5-13(15)11(12)8-9(16)7-10-3-2-6-17-10/h1-6,9H,7-8,16H2. The second-order valence-electron chi connectivity index (χ2n) is 3.95. The van der Waals surface area contributed by atoms with Gasteiger partial charge in [-0.25, -0.2) is 4.39 Å². The van der Waals surface area contributed by atoms with Crippen LogP contribution < -0.4 is 5.73 Å². The molecule has 1 atom stereocenters. The lowest BCUT2D eigenvalue weighted by atomic mass is 10.0. The van der Waals surface area contributed by atoms with Crippen molar-refractivity contribution in [2.24, 2.45) is 5.73 Å². The Morgan fingerprint density at radius 3 is 2.71 bits per heavy atom. The molecule has 0 aliphatic carbocycles. The number of hydrogen-bond acceptors (Lipinski definition) is 2. The van der Waals surface area contributed by atoms with Gasteiger partial charge in [-0.05, 0) is 36.4 Å². The molecule has 0 saturated heterocycles. The molecule has 0 aliphatic heterocycles. The summed E-state index contributed by atoms with van der Waals surface area (Å²) in [6, 6.07) is 8.63. The van der Waals surface area contributed by atoms with Crippen LogP contribution in [0, 0.1) is 5.82 Å². The predicted octanol–water partition coefficient (Wildman–Crippen LogP) is 3.65. The van der Waals surface area contributed by atoms with E-state index in [-0.39, 0.29) is 11.9 Å². The third kappa shape index (κ3) is 3.28. The number of halogens is 2. The Morgan fingerprint density at radius 2 is 2.06 bits per heavy atom. The summed E-state index contributed by atoms with van der Waals surface area (Å²) in [5.74, 6) is -0.279. The van der Waals surface area contributed by atoms with Crippen LogP contribution in [-0.4, -0.2) is 6.04 Å². The van der Waals surface area contributed by atoms with E-state index in [2.05, 4.69) is 0 Å². The molecule has 0 radical (unpaired) electrons. The maximum atomic E-state index is 13.6. The van der Waals surface area contributed by atoms with Crippen LogP contribution >= 0.6 is 22.9 Å². The van der Waals surface area contributed by atoms with Gasteiger partial charge in [0.15, 0.2) is 0 Å². The van der Waals surface area contributed by atoms with Gasteiger partial charge in [0, 0.05) is 21.5 Å². The zero-order valence-corrected chi connectivity index (χ0v) is 10.8. The predicted molar refractivity (Wildman–Crippen MR) is 71.1 cm³/mol. The highest BCUT2D eigenvalue weighted by Gasteiger charge is 2.12. The van der Waals surface area contributed by atoms with Gasteiger partial charge in [0.2, 0.25) is 0 Å². The highest BCUT2D eigenvalue weighted by atomic mass is 35.5. The summed E-state index contributed by atoms with van der Waals surface area (Å²) in [6.07, 6.45) is 1.21. The SMILES string of the molecule is NC(Cc1cccs1)Cc1c(F)cccc1Cl. The third-order valence-corrected chi connectivity index (χ3v) is 3.82. The van der Waals surface area contributed by atoms with Gasteiger partial charge in [0.05, 0.1) is 0 Å². The molecule has 4 heteroatoms. The van der Waals surface area contributed by atoms with Crippen LogP contribution in [0.15, 0.2) is 35.7 Å². The Labute approximate surface area is 109 Å². The van der Waals surface area contributed by atoms with Crippen LogP contribution in [0.3, 0.4) is 0 Å². The Kier molecular flexibility index (Phi) is 4.15. The maximum absolute atomic E-state index is 13.6. The first-order chi connectivity index (χ1) is 8.16. The molecule has 0 fully saturated rings. The van der Waals surface area contributed by atoms with Crippen LogP contribution in [0.2, 0.25) is 5.02 Å². The molecule has 0 amide bonds. The van der Waals surface area contributed by atoms with E-state index in [0.29, 0.717) is 17.0 Å². The van der Waals surface area contributed by atoms with E-state index in [1.165, 1.54) is 10.9 Å². The van der Waals surface area contributed by atoms with E-state index in [1.54, 1.807) is 23.5 Å². The molecule has 0 spiro atoms. The van der Waals surface area contributed by atoms with Crippen molar-refractivity contribution in [3.05, 3.63) is 57.0 Å². The van der Waals surface area contributed by atoms with E-state index >= 15 is 0 Å². The molecule has 1 nitrogen and oxygen atoms in total. The van der Waals surface area contributed by atoms with E-state index in [9.17, 15) is 4.39 Å². The highest BCUT2D eigenvalue weighted by Crippen LogP contribution is 2.21. The summed E-state index contributed by atoms with van der Waals surface area (Å²) in [5, 5.41) is 2.46. The minimum absolute atomic E-state index is 0.108. The number of benzene rings is 1. The molecule has 2 N–H and O–H groups in total. The molecule has 2 rings (SSSR count). The topological polar surface area (TPSA) is 26.0 Å². The van der Waals surface area contributed by atoms with E-state index in [1.807, 2.05) is 17.5 Å². The largest absolute Gasteiger partial charge is 0.327 e. The van der Waals surface area contributed by atoms with Gasteiger partial charge in [-0.3, -0.25) is 0 Å². The van der Waals surface area contributed by atoms with Gasteiger partial charge in [0.1, 0.15) is 5.82 Å². The highest BCUT2D eigenvalue weighted by molar-refractivity contribution is 7.09. The molecule has 90 valence electrons. The lowest BCUT2D eigenvalue weighted by Crippen LogP contribution is -2.25. The van der Waals surface area contributed by atoms with E-state index < -0.39 is 0 Å². The summed E-state index contributed by atoms with van der Waals surface area (Å²) in [5.41, 5.74) is 6.53. The van der Waals surface area contributed by atoms with Gasteiger partial charge in [0.25, 0.3) is 0 Å². The fraction of sp³-hybridized carbons (Fsp3) is 0.231. The first-order valence-electron chi connectivity index (χ1n) is 5.37. The zero-order chi connectivity index (χ0) is 12.3. The summed E-state index contributed by atoms with van der Waals surface area (Å²) >= 11 is 7.63. The Bertz CT molecular complexity index is 464. The third-order valence-electron chi connectivity index (χ3n) is 2.57. The zero-order valence-electron chi connectivity index (χ0n) is 9.20. The van der Waals surface area contributed by atoms with Crippen molar-refractivity contribution in [3.63, 3.8) is 0 Å². The van der Waals surface area contributed by atoms with Gasteiger partial charge in [-0.15, -0.1) is 11.3 Å². The van der Waals surface area contributed by atoms with Crippen LogP contribution in [0.5, 0.6) is 0 Å². The van der Waals surface area contributed by atoms with Crippen molar-refractivity contribution in [1.29, 1.82) is 0 Å². The average molecular weight is 270 g/mol. The molecule has 0 aliphatic rings. The lowest BCUT2D eigenvalue weighted by Gasteiger charge is -2.12. The molecule has 2 aromatic rings. The number of nitrogens with two attached hydrogens (primary N) is 1. The fourth-order valence-corrected chi connectivity index (χ4v) is 2.79. The van der Waals surface area contributed by atoms with Gasteiger partial charge in [-0.1, -0.05) is 23.7 Å². The Balaban J connectivity index is 2.05. The molecule has 1 heterocycles.